The van der Waals surface area contributed by atoms with Crippen molar-refractivity contribution < 1.29 is 5.11 Å². The first-order valence-electron chi connectivity index (χ1n) is 8.99. The van der Waals surface area contributed by atoms with Gasteiger partial charge in [0.05, 0.1) is 6.67 Å². The van der Waals surface area contributed by atoms with E-state index in [2.05, 4.69) is 81.0 Å². The van der Waals surface area contributed by atoms with Crippen molar-refractivity contribution in [1.82, 2.24) is 9.47 Å². The quantitative estimate of drug-likeness (QED) is 0.689. The third-order valence-electron chi connectivity index (χ3n) is 4.55. The molecular formula is C23H28N2O. The molecule has 136 valence electrons. The molecule has 0 aliphatic rings. The van der Waals surface area contributed by atoms with Crippen LogP contribution in [0.3, 0.4) is 0 Å². The van der Waals surface area contributed by atoms with E-state index in [1.807, 2.05) is 18.2 Å². The Morgan fingerprint density at radius 2 is 1.50 bits per heavy atom. The molecule has 1 aromatic heterocycles. The molecule has 0 spiro atoms. The summed E-state index contributed by atoms with van der Waals surface area (Å²) in [4.78, 5) is 2.14. The topological polar surface area (TPSA) is 28.4 Å². The van der Waals surface area contributed by atoms with E-state index in [0.717, 1.165) is 17.8 Å². The van der Waals surface area contributed by atoms with Crippen molar-refractivity contribution >= 4 is 0 Å². The van der Waals surface area contributed by atoms with E-state index in [1.54, 1.807) is 6.07 Å². The lowest BCUT2D eigenvalue weighted by Crippen LogP contribution is -2.15. The smallest absolute Gasteiger partial charge is 0.116 e. The van der Waals surface area contributed by atoms with Gasteiger partial charge >= 0.3 is 0 Å². The van der Waals surface area contributed by atoms with Gasteiger partial charge in [-0.25, -0.2) is 0 Å². The van der Waals surface area contributed by atoms with Gasteiger partial charge in [0.15, 0.2) is 0 Å². The van der Waals surface area contributed by atoms with Crippen molar-refractivity contribution in [3.05, 3.63) is 66.5 Å². The Hall–Kier alpha value is -2.52. The molecule has 3 rings (SSSR count). The maximum absolute atomic E-state index is 9.90. The van der Waals surface area contributed by atoms with Crippen LogP contribution in [-0.4, -0.2) is 28.7 Å². The Kier molecular flexibility index (Phi) is 4.92. The molecule has 0 aliphatic heterocycles. The number of aromatic hydroxyl groups is 1. The lowest BCUT2D eigenvalue weighted by molar-refractivity contribution is 0.327. The Labute approximate surface area is 156 Å². The number of hydrogen-bond donors (Lipinski definition) is 1. The zero-order valence-electron chi connectivity index (χ0n) is 16.3. The van der Waals surface area contributed by atoms with Crippen LogP contribution in [0.1, 0.15) is 26.3 Å². The average Bonchev–Trinajstić information content (AvgIpc) is 2.97. The van der Waals surface area contributed by atoms with Crippen LogP contribution in [0.5, 0.6) is 5.75 Å². The predicted molar refractivity (Wildman–Crippen MR) is 109 cm³/mol. The van der Waals surface area contributed by atoms with Crippen LogP contribution in [-0.2, 0) is 12.1 Å². The minimum absolute atomic E-state index is 0.142. The highest BCUT2D eigenvalue weighted by molar-refractivity contribution is 5.83. The van der Waals surface area contributed by atoms with Crippen molar-refractivity contribution in [2.45, 2.75) is 32.9 Å². The van der Waals surface area contributed by atoms with Crippen molar-refractivity contribution in [2.24, 2.45) is 0 Å². The molecule has 0 amide bonds. The molecule has 26 heavy (non-hydrogen) atoms. The maximum Gasteiger partial charge on any atom is 0.116 e. The van der Waals surface area contributed by atoms with Crippen LogP contribution in [0.4, 0.5) is 0 Å². The molecule has 0 saturated carbocycles. The molecule has 1 N–H and O–H groups in total. The monoisotopic (exact) mass is 348 g/mol. The third kappa shape index (κ3) is 4.00. The van der Waals surface area contributed by atoms with Gasteiger partial charge < -0.3 is 9.67 Å². The second-order valence-corrected chi connectivity index (χ2v) is 8.20. The highest BCUT2D eigenvalue weighted by Gasteiger charge is 2.15. The van der Waals surface area contributed by atoms with E-state index in [4.69, 9.17) is 0 Å². The van der Waals surface area contributed by atoms with E-state index >= 15 is 0 Å². The van der Waals surface area contributed by atoms with E-state index < -0.39 is 0 Å². The summed E-state index contributed by atoms with van der Waals surface area (Å²) < 4.78 is 2.19. The zero-order chi connectivity index (χ0) is 18.9. The average molecular weight is 348 g/mol. The first-order chi connectivity index (χ1) is 12.2. The Balaban J connectivity index is 2.08. The van der Waals surface area contributed by atoms with Gasteiger partial charge in [0.2, 0.25) is 0 Å². The highest BCUT2D eigenvalue weighted by Crippen LogP contribution is 2.35. The van der Waals surface area contributed by atoms with E-state index in [1.165, 1.54) is 16.7 Å². The van der Waals surface area contributed by atoms with Crippen LogP contribution < -0.4 is 0 Å². The van der Waals surface area contributed by atoms with E-state index in [-0.39, 0.29) is 11.2 Å². The predicted octanol–water partition coefficient (Wildman–Crippen LogP) is 5.34. The fraction of sp³-hybridized carbons (Fsp3) is 0.304. The number of hydrogen-bond acceptors (Lipinski definition) is 2. The van der Waals surface area contributed by atoms with Crippen LogP contribution in [0.15, 0.2) is 60.9 Å². The van der Waals surface area contributed by atoms with Gasteiger partial charge in [0.1, 0.15) is 5.75 Å². The molecule has 0 radical (unpaired) electrons. The van der Waals surface area contributed by atoms with Gasteiger partial charge in [-0.3, -0.25) is 4.90 Å². The van der Waals surface area contributed by atoms with E-state index in [0.29, 0.717) is 0 Å². The largest absolute Gasteiger partial charge is 0.508 e. The SMILES string of the molecule is CN(C)Cn1cc(-c2ccc(C(C)(C)C)cc2)c(-c2cccc(O)c2)c1. The van der Waals surface area contributed by atoms with Crippen molar-refractivity contribution in [2.75, 3.05) is 14.1 Å². The summed E-state index contributed by atoms with van der Waals surface area (Å²) in [6.45, 7) is 7.50. The van der Waals surface area contributed by atoms with Gasteiger partial charge in [-0.15, -0.1) is 0 Å². The Morgan fingerprint density at radius 1 is 0.885 bits per heavy atom. The molecule has 3 heteroatoms. The second-order valence-electron chi connectivity index (χ2n) is 8.20. The van der Waals surface area contributed by atoms with Gasteiger partial charge in [-0.2, -0.15) is 0 Å². The molecule has 0 fully saturated rings. The summed E-state index contributed by atoms with van der Waals surface area (Å²) in [5.41, 5.74) is 5.99. The normalized spacial score (nSPS) is 11.9. The first-order valence-corrected chi connectivity index (χ1v) is 8.99. The van der Waals surface area contributed by atoms with Gasteiger partial charge in [0.25, 0.3) is 0 Å². The third-order valence-corrected chi connectivity index (χ3v) is 4.55. The number of benzene rings is 2. The highest BCUT2D eigenvalue weighted by atomic mass is 16.3. The second kappa shape index (κ2) is 7.00. The van der Waals surface area contributed by atoms with Crippen molar-refractivity contribution in [1.29, 1.82) is 0 Å². The Bertz CT molecular complexity index is 883. The summed E-state index contributed by atoms with van der Waals surface area (Å²) >= 11 is 0. The molecule has 3 aromatic rings. The van der Waals surface area contributed by atoms with E-state index in [9.17, 15) is 5.11 Å². The van der Waals surface area contributed by atoms with Gasteiger partial charge in [-0.1, -0.05) is 57.2 Å². The van der Waals surface area contributed by atoms with Crippen LogP contribution in [0.25, 0.3) is 22.3 Å². The first kappa shape index (κ1) is 18.3. The molecule has 1 heterocycles. The minimum Gasteiger partial charge on any atom is -0.508 e. The zero-order valence-corrected chi connectivity index (χ0v) is 16.3. The van der Waals surface area contributed by atoms with Crippen molar-refractivity contribution in [3.63, 3.8) is 0 Å². The lowest BCUT2D eigenvalue weighted by atomic mass is 9.86. The molecule has 2 aromatic carbocycles. The van der Waals surface area contributed by atoms with Crippen molar-refractivity contribution in [3.8, 4) is 28.0 Å². The lowest BCUT2D eigenvalue weighted by Gasteiger charge is -2.19. The molecule has 0 saturated heterocycles. The Morgan fingerprint density at radius 3 is 2.04 bits per heavy atom. The summed E-state index contributed by atoms with van der Waals surface area (Å²) in [7, 11) is 4.12. The molecule has 3 nitrogen and oxygen atoms in total. The molecule has 0 atom stereocenters. The fourth-order valence-electron chi connectivity index (χ4n) is 3.20. The van der Waals surface area contributed by atoms with Crippen LogP contribution in [0, 0.1) is 0 Å². The number of phenols is 1. The number of aromatic nitrogens is 1. The van der Waals surface area contributed by atoms with Crippen LogP contribution in [0.2, 0.25) is 0 Å². The molecule has 0 aliphatic carbocycles. The number of phenolic OH excluding ortho intramolecular Hbond substituents is 1. The molecule has 0 bridgehead atoms. The molecule has 0 unspecified atom stereocenters. The van der Waals surface area contributed by atoms with Gasteiger partial charge in [-0.05, 0) is 48.3 Å². The van der Waals surface area contributed by atoms with Crippen LogP contribution >= 0.6 is 0 Å². The number of nitrogens with zero attached hydrogens (tertiary/aromatic N) is 2. The minimum atomic E-state index is 0.142. The summed E-state index contributed by atoms with van der Waals surface area (Å²) in [6.07, 6.45) is 4.34. The standard InChI is InChI=1S/C23H28N2O/c1-23(2,3)19-11-9-17(10-12-19)21-14-25(16-24(4)5)15-22(21)18-7-6-8-20(26)13-18/h6-15,26H,16H2,1-5H3. The van der Waals surface area contributed by atoms with Gasteiger partial charge in [0, 0.05) is 23.5 Å². The summed E-state index contributed by atoms with van der Waals surface area (Å²) in [5, 5.41) is 9.90. The molecular weight excluding hydrogens is 320 g/mol. The summed E-state index contributed by atoms with van der Waals surface area (Å²) in [5.74, 6) is 0.289. The fourth-order valence-corrected chi connectivity index (χ4v) is 3.20. The maximum atomic E-state index is 9.90. The number of rotatable bonds is 4. The summed E-state index contributed by atoms with van der Waals surface area (Å²) in [6, 6.07) is 16.3.